The van der Waals surface area contributed by atoms with Crippen LogP contribution in [0.5, 0.6) is 0 Å². The van der Waals surface area contributed by atoms with Crippen LogP contribution in [0.3, 0.4) is 0 Å². The van der Waals surface area contributed by atoms with E-state index in [1.807, 2.05) is 0 Å². The van der Waals surface area contributed by atoms with Gasteiger partial charge in [-0.05, 0) is 12.1 Å². The maximum absolute atomic E-state index is 10.5. The molecular formula is C13H15Cl2N3O2. The monoisotopic (exact) mass is 315 g/mol. The maximum atomic E-state index is 10.5. The summed E-state index contributed by atoms with van der Waals surface area (Å²) in [7, 11) is 1.60. The number of benzene rings is 1. The Labute approximate surface area is 126 Å². The average molecular weight is 316 g/mol. The lowest BCUT2D eigenvalue weighted by Crippen LogP contribution is -2.14. The van der Waals surface area contributed by atoms with Crippen LogP contribution in [0, 0.1) is 0 Å². The number of nitrogens with two attached hydrogens (primary N) is 1. The molecule has 108 valence electrons. The SMILES string of the molecule is COCCn1ncc(Cl)c1C(O)c1ccc(Cl)cc1N. The van der Waals surface area contributed by atoms with Gasteiger partial charge in [0.1, 0.15) is 6.10 Å². The Morgan fingerprint density at radius 1 is 1.45 bits per heavy atom. The van der Waals surface area contributed by atoms with Crippen LogP contribution in [0.15, 0.2) is 24.4 Å². The number of nitrogens with zero attached hydrogens (tertiary/aromatic N) is 2. The fourth-order valence-corrected chi connectivity index (χ4v) is 2.37. The Morgan fingerprint density at radius 2 is 2.20 bits per heavy atom. The number of methoxy groups -OCH3 is 1. The summed E-state index contributed by atoms with van der Waals surface area (Å²) in [4.78, 5) is 0. The molecule has 0 spiro atoms. The maximum Gasteiger partial charge on any atom is 0.124 e. The van der Waals surface area contributed by atoms with Crippen LogP contribution in [0.4, 0.5) is 5.69 Å². The van der Waals surface area contributed by atoms with Crippen molar-refractivity contribution in [2.75, 3.05) is 19.5 Å². The molecule has 5 nitrogen and oxygen atoms in total. The van der Waals surface area contributed by atoms with Crippen molar-refractivity contribution in [3.8, 4) is 0 Å². The normalized spacial score (nSPS) is 12.6. The first-order valence-electron chi connectivity index (χ1n) is 5.97. The number of hydrogen-bond acceptors (Lipinski definition) is 4. The average Bonchev–Trinajstić information content (AvgIpc) is 2.77. The van der Waals surface area contributed by atoms with Crippen molar-refractivity contribution in [3.63, 3.8) is 0 Å². The van der Waals surface area contributed by atoms with Gasteiger partial charge in [-0.1, -0.05) is 29.3 Å². The molecule has 0 aliphatic heterocycles. The third-order valence-electron chi connectivity index (χ3n) is 2.94. The van der Waals surface area contributed by atoms with E-state index >= 15 is 0 Å². The second kappa shape index (κ2) is 6.45. The molecule has 2 rings (SSSR count). The largest absolute Gasteiger partial charge is 0.398 e. The van der Waals surface area contributed by atoms with Crippen LogP contribution in [-0.2, 0) is 11.3 Å². The Morgan fingerprint density at radius 3 is 2.85 bits per heavy atom. The topological polar surface area (TPSA) is 73.3 Å². The zero-order valence-corrected chi connectivity index (χ0v) is 12.4. The molecule has 0 saturated carbocycles. The van der Waals surface area contributed by atoms with E-state index in [0.29, 0.717) is 40.1 Å². The van der Waals surface area contributed by atoms with E-state index in [9.17, 15) is 5.11 Å². The third-order valence-corrected chi connectivity index (χ3v) is 3.47. The molecule has 1 aromatic carbocycles. The van der Waals surface area contributed by atoms with Crippen molar-refractivity contribution in [1.82, 2.24) is 9.78 Å². The van der Waals surface area contributed by atoms with Crippen molar-refractivity contribution in [3.05, 3.63) is 45.7 Å². The van der Waals surface area contributed by atoms with Gasteiger partial charge in [-0.15, -0.1) is 0 Å². The molecule has 7 heteroatoms. The van der Waals surface area contributed by atoms with Gasteiger partial charge in [0.2, 0.25) is 0 Å². The fourth-order valence-electron chi connectivity index (χ4n) is 1.94. The van der Waals surface area contributed by atoms with E-state index in [1.54, 1.807) is 30.0 Å². The van der Waals surface area contributed by atoms with Crippen LogP contribution >= 0.6 is 23.2 Å². The molecule has 0 saturated heterocycles. The zero-order chi connectivity index (χ0) is 14.7. The van der Waals surface area contributed by atoms with Gasteiger partial charge in [-0.2, -0.15) is 5.10 Å². The summed E-state index contributed by atoms with van der Waals surface area (Å²) in [5.41, 5.74) is 7.31. The number of aliphatic hydroxyl groups is 1. The van der Waals surface area contributed by atoms with Crippen molar-refractivity contribution < 1.29 is 9.84 Å². The van der Waals surface area contributed by atoms with Crippen LogP contribution in [0.1, 0.15) is 17.4 Å². The van der Waals surface area contributed by atoms with E-state index in [0.717, 1.165) is 0 Å². The van der Waals surface area contributed by atoms with Gasteiger partial charge in [0, 0.05) is 23.4 Å². The minimum Gasteiger partial charge on any atom is -0.398 e. The highest BCUT2D eigenvalue weighted by molar-refractivity contribution is 6.31. The van der Waals surface area contributed by atoms with E-state index in [4.69, 9.17) is 33.7 Å². The Balaban J connectivity index is 2.37. The third kappa shape index (κ3) is 3.07. The molecule has 1 atom stereocenters. The zero-order valence-electron chi connectivity index (χ0n) is 10.9. The molecule has 1 heterocycles. The van der Waals surface area contributed by atoms with Crippen LogP contribution in [0.2, 0.25) is 10.0 Å². The lowest BCUT2D eigenvalue weighted by Gasteiger charge is -2.16. The first-order valence-corrected chi connectivity index (χ1v) is 6.73. The van der Waals surface area contributed by atoms with Crippen molar-refractivity contribution >= 4 is 28.9 Å². The summed E-state index contributed by atoms with van der Waals surface area (Å²) in [5.74, 6) is 0. The molecule has 2 aromatic rings. The quantitative estimate of drug-likeness (QED) is 0.831. The van der Waals surface area contributed by atoms with E-state index in [2.05, 4.69) is 5.10 Å². The Hall–Kier alpha value is -1.27. The highest BCUT2D eigenvalue weighted by Crippen LogP contribution is 2.32. The molecule has 3 N–H and O–H groups in total. The highest BCUT2D eigenvalue weighted by Gasteiger charge is 2.21. The molecule has 0 aliphatic carbocycles. The number of hydrogen-bond donors (Lipinski definition) is 2. The summed E-state index contributed by atoms with van der Waals surface area (Å²) in [6.07, 6.45) is 0.515. The smallest absolute Gasteiger partial charge is 0.124 e. The van der Waals surface area contributed by atoms with Crippen molar-refractivity contribution in [2.24, 2.45) is 0 Å². The lowest BCUT2D eigenvalue weighted by molar-refractivity contribution is 0.171. The molecule has 0 fully saturated rings. The summed E-state index contributed by atoms with van der Waals surface area (Å²) in [5, 5.41) is 15.5. The van der Waals surface area contributed by atoms with Crippen LogP contribution in [-0.4, -0.2) is 28.6 Å². The van der Waals surface area contributed by atoms with Gasteiger partial charge < -0.3 is 15.6 Å². The number of ether oxygens (including phenoxy) is 1. The van der Waals surface area contributed by atoms with E-state index in [-0.39, 0.29) is 0 Å². The molecule has 0 amide bonds. The van der Waals surface area contributed by atoms with Crippen LogP contribution in [0.25, 0.3) is 0 Å². The van der Waals surface area contributed by atoms with Gasteiger partial charge >= 0.3 is 0 Å². The molecular weight excluding hydrogens is 301 g/mol. The number of aromatic nitrogens is 2. The van der Waals surface area contributed by atoms with Crippen LogP contribution < -0.4 is 5.73 Å². The molecule has 0 bridgehead atoms. The molecule has 0 aliphatic rings. The summed E-state index contributed by atoms with van der Waals surface area (Å²) in [6.45, 7) is 0.955. The standard InChI is InChI=1S/C13H15Cl2N3O2/c1-20-5-4-18-12(10(15)7-17-18)13(19)9-3-2-8(14)6-11(9)16/h2-3,6-7,13,19H,4-5,16H2,1H3. The second-order valence-corrected chi connectivity index (χ2v) is 5.11. The van der Waals surface area contributed by atoms with Crippen molar-refractivity contribution in [1.29, 1.82) is 0 Å². The van der Waals surface area contributed by atoms with E-state index < -0.39 is 6.10 Å². The summed E-state index contributed by atoms with van der Waals surface area (Å²) >= 11 is 12.0. The molecule has 1 unspecified atom stereocenters. The number of rotatable bonds is 5. The van der Waals surface area contributed by atoms with E-state index in [1.165, 1.54) is 6.20 Å². The highest BCUT2D eigenvalue weighted by atomic mass is 35.5. The molecule has 1 aromatic heterocycles. The van der Waals surface area contributed by atoms with Gasteiger partial charge in [0.05, 0.1) is 30.1 Å². The number of aliphatic hydroxyl groups excluding tert-OH is 1. The summed E-state index contributed by atoms with van der Waals surface area (Å²) in [6, 6.07) is 4.93. The first-order chi connectivity index (χ1) is 9.54. The Kier molecular flexibility index (Phi) is 4.88. The lowest BCUT2D eigenvalue weighted by atomic mass is 10.0. The Bertz CT molecular complexity index is 601. The van der Waals surface area contributed by atoms with Gasteiger partial charge in [-0.25, -0.2) is 0 Å². The molecule has 0 radical (unpaired) electrons. The van der Waals surface area contributed by atoms with Gasteiger partial charge in [0.15, 0.2) is 0 Å². The molecule has 20 heavy (non-hydrogen) atoms. The predicted molar refractivity (Wildman–Crippen MR) is 79.0 cm³/mol. The fraction of sp³-hybridized carbons (Fsp3) is 0.308. The first kappa shape index (κ1) is 15.1. The minimum atomic E-state index is -0.973. The number of halogens is 2. The van der Waals surface area contributed by atoms with Gasteiger partial charge in [-0.3, -0.25) is 4.68 Å². The second-order valence-electron chi connectivity index (χ2n) is 4.27. The summed E-state index contributed by atoms with van der Waals surface area (Å²) < 4.78 is 6.61. The predicted octanol–water partition coefficient (Wildman–Crippen LogP) is 2.50. The van der Waals surface area contributed by atoms with Crippen molar-refractivity contribution in [2.45, 2.75) is 12.6 Å². The van der Waals surface area contributed by atoms with Gasteiger partial charge in [0.25, 0.3) is 0 Å². The number of anilines is 1. The number of nitrogen functional groups attached to an aromatic ring is 1. The minimum absolute atomic E-state index is 0.378.